The van der Waals surface area contributed by atoms with Crippen LogP contribution in [0.1, 0.15) is 17.5 Å². The highest BCUT2D eigenvalue weighted by molar-refractivity contribution is 7.89. The van der Waals surface area contributed by atoms with E-state index in [2.05, 4.69) is 0 Å². The van der Waals surface area contributed by atoms with Crippen LogP contribution >= 0.6 is 0 Å². The van der Waals surface area contributed by atoms with Crippen molar-refractivity contribution in [3.63, 3.8) is 0 Å². The van der Waals surface area contributed by atoms with E-state index in [1.165, 1.54) is 43.3 Å². The van der Waals surface area contributed by atoms with Crippen LogP contribution in [-0.2, 0) is 27.7 Å². The Kier molecular flexibility index (Phi) is 5.30. The first-order chi connectivity index (χ1) is 12.7. The molecular formula is C19H20F2N2O3S. The number of rotatable bonds is 5. The van der Waals surface area contributed by atoms with Gasteiger partial charge in [-0.25, -0.2) is 21.5 Å². The largest absolute Gasteiger partial charge is 0.312 e. The van der Waals surface area contributed by atoms with Crippen LogP contribution in [0.4, 0.5) is 14.5 Å². The normalized spacial score (nSPS) is 13.9. The fraction of sp³-hybridized carbons (Fsp3) is 0.316. The predicted octanol–water partition coefficient (Wildman–Crippen LogP) is 2.74. The zero-order valence-corrected chi connectivity index (χ0v) is 15.9. The van der Waals surface area contributed by atoms with Crippen molar-refractivity contribution in [2.24, 2.45) is 0 Å². The van der Waals surface area contributed by atoms with Crippen molar-refractivity contribution in [2.45, 2.75) is 24.2 Å². The Morgan fingerprint density at radius 3 is 2.63 bits per heavy atom. The van der Waals surface area contributed by atoms with Crippen molar-refractivity contribution in [2.75, 3.05) is 25.5 Å². The third kappa shape index (κ3) is 3.72. The van der Waals surface area contributed by atoms with E-state index in [9.17, 15) is 22.0 Å². The van der Waals surface area contributed by atoms with Gasteiger partial charge in [0.1, 0.15) is 0 Å². The lowest BCUT2D eigenvalue weighted by molar-refractivity contribution is -0.118. The van der Waals surface area contributed by atoms with E-state index < -0.39 is 21.7 Å². The Balaban J connectivity index is 1.80. The van der Waals surface area contributed by atoms with Crippen molar-refractivity contribution in [3.8, 4) is 0 Å². The molecule has 1 amide bonds. The lowest BCUT2D eigenvalue weighted by Gasteiger charge is -2.19. The minimum atomic E-state index is -3.61. The van der Waals surface area contributed by atoms with Gasteiger partial charge >= 0.3 is 0 Å². The number of nitrogens with zero attached hydrogens (tertiary/aromatic N) is 2. The Morgan fingerprint density at radius 1 is 1.19 bits per heavy atom. The number of carbonyl (C=O) groups is 1. The van der Waals surface area contributed by atoms with Crippen LogP contribution in [-0.4, -0.2) is 39.3 Å². The summed E-state index contributed by atoms with van der Waals surface area (Å²) in [6.45, 7) is 0.436. The number of halogens is 2. The molecule has 0 atom stereocenters. The quantitative estimate of drug-likeness (QED) is 0.784. The summed E-state index contributed by atoms with van der Waals surface area (Å²) in [7, 11) is -0.722. The van der Waals surface area contributed by atoms with Gasteiger partial charge in [-0.3, -0.25) is 4.79 Å². The van der Waals surface area contributed by atoms with Crippen molar-refractivity contribution < 1.29 is 22.0 Å². The SMILES string of the molecule is CN(C)S(=O)(=O)c1ccc2c(c1)N(C(=O)CCc1cccc(F)c1F)CC2. The fourth-order valence-electron chi connectivity index (χ4n) is 3.11. The maximum atomic E-state index is 13.8. The van der Waals surface area contributed by atoms with E-state index in [0.29, 0.717) is 18.7 Å². The molecule has 0 saturated carbocycles. The average molecular weight is 394 g/mol. The van der Waals surface area contributed by atoms with Crippen LogP contribution in [0.5, 0.6) is 0 Å². The molecule has 0 saturated heterocycles. The average Bonchev–Trinajstić information content (AvgIpc) is 3.05. The molecule has 0 radical (unpaired) electrons. The molecule has 3 rings (SSSR count). The van der Waals surface area contributed by atoms with Gasteiger partial charge in [0, 0.05) is 32.7 Å². The van der Waals surface area contributed by atoms with E-state index in [-0.39, 0.29) is 29.2 Å². The molecule has 1 aliphatic heterocycles. The molecule has 0 fully saturated rings. The van der Waals surface area contributed by atoms with E-state index in [4.69, 9.17) is 0 Å². The maximum Gasteiger partial charge on any atom is 0.242 e. The molecule has 8 heteroatoms. The number of benzene rings is 2. The summed E-state index contributed by atoms with van der Waals surface area (Å²) in [5.74, 6) is -2.13. The van der Waals surface area contributed by atoms with Crippen molar-refractivity contribution in [1.82, 2.24) is 4.31 Å². The van der Waals surface area contributed by atoms with Crippen molar-refractivity contribution in [1.29, 1.82) is 0 Å². The molecule has 0 aliphatic carbocycles. The maximum absolute atomic E-state index is 13.8. The van der Waals surface area contributed by atoms with Gasteiger partial charge < -0.3 is 4.90 Å². The third-order valence-corrected chi connectivity index (χ3v) is 6.48. The molecule has 0 spiro atoms. The molecule has 2 aromatic carbocycles. The molecular weight excluding hydrogens is 374 g/mol. The minimum Gasteiger partial charge on any atom is -0.312 e. The first-order valence-corrected chi connectivity index (χ1v) is 9.94. The number of hydrogen-bond acceptors (Lipinski definition) is 3. The first kappa shape index (κ1) is 19.4. The molecule has 2 aromatic rings. The van der Waals surface area contributed by atoms with Crippen LogP contribution in [0.2, 0.25) is 0 Å². The standard InChI is InChI=1S/C19H20F2N2O3S/c1-22(2)27(25,26)15-8-6-13-10-11-23(17(13)12-15)18(24)9-7-14-4-3-5-16(20)19(14)21/h3-6,8,12H,7,9-11H2,1-2H3. The van der Waals surface area contributed by atoms with E-state index in [1.807, 2.05) is 0 Å². The van der Waals surface area contributed by atoms with Gasteiger partial charge in [-0.05, 0) is 42.2 Å². The second kappa shape index (κ2) is 7.36. The number of hydrogen-bond donors (Lipinski definition) is 0. The Labute approximate surface area is 157 Å². The lowest BCUT2D eigenvalue weighted by atomic mass is 10.1. The van der Waals surface area contributed by atoms with Gasteiger partial charge in [-0.2, -0.15) is 0 Å². The van der Waals surface area contributed by atoms with Gasteiger partial charge in [0.15, 0.2) is 11.6 Å². The third-order valence-electron chi connectivity index (χ3n) is 4.67. The molecule has 27 heavy (non-hydrogen) atoms. The zero-order valence-electron chi connectivity index (χ0n) is 15.1. The number of anilines is 1. The monoisotopic (exact) mass is 394 g/mol. The predicted molar refractivity (Wildman–Crippen MR) is 98.1 cm³/mol. The molecule has 1 heterocycles. The highest BCUT2D eigenvalue weighted by Gasteiger charge is 2.27. The molecule has 5 nitrogen and oxygen atoms in total. The Bertz CT molecular complexity index is 990. The van der Waals surface area contributed by atoms with Gasteiger partial charge in [-0.15, -0.1) is 0 Å². The van der Waals surface area contributed by atoms with Gasteiger partial charge in [0.2, 0.25) is 15.9 Å². The van der Waals surface area contributed by atoms with Crippen molar-refractivity contribution >= 4 is 21.6 Å². The smallest absolute Gasteiger partial charge is 0.242 e. The molecule has 0 aromatic heterocycles. The van der Waals surface area contributed by atoms with Crippen molar-refractivity contribution in [3.05, 3.63) is 59.2 Å². The molecule has 1 aliphatic rings. The summed E-state index contributed by atoms with van der Waals surface area (Å²) in [5.41, 5.74) is 1.59. The minimum absolute atomic E-state index is 0.00444. The molecule has 0 N–H and O–H groups in total. The van der Waals surface area contributed by atoms with E-state index in [0.717, 1.165) is 15.9 Å². The Hall–Kier alpha value is -2.32. The molecule has 0 unspecified atom stereocenters. The summed E-state index contributed by atoms with van der Waals surface area (Å²) >= 11 is 0. The number of carbonyl (C=O) groups excluding carboxylic acids is 1. The lowest BCUT2D eigenvalue weighted by Crippen LogP contribution is -2.29. The second-order valence-electron chi connectivity index (χ2n) is 6.59. The molecule has 144 valence electrons. The highest BCUT2D eigenvalue weighted by atomic mass is 32.2. The van der Waals surface area contributed by atoms with E-state index >= 15 is 0 Å². The number of fused-ring (bicyclic) bond motifs is 1. The summed E-state index contributed by atoms with van der Waals surface area (Å²) in [5, 5.41) is 0. The van der Waals surface area contributed by atoms with Crippen LogP contribution in [0.25, 0.3) is 0 Å². The van der Waals surface area contributed by atoms with Crippen LogP contribution in [0.15, 0.2) is 41.3 Å². The van der Waals surface area contributed by atoms with Crippen LogP contribution < -0.4 is 4.90 Å². The van der Waals surface area contributed by atoms with Gasteiger partial charge in [0.25, 0.3) is 0 Å². The summed E-state index contributed by atoms with van der Waals surface area (Å²) in [4.78, 5) is 14.3. The first-order valence-electron chi connectivity index (χ1n) is 8.50. The topological polar surface area (TPSA) is 57.7 Å². The van der Waals surface area contributed by atoms with Crippen LogP contribution in [0.3, 0.4) is 0 Å². The number of sulfonamides is 1. The summed E-state index contributed by atoms with van der Waals surface area (Å²) in [6, 6.07) is 8.63. The summed E-state index contributed by atoms with van der Waals surface area (Å²) < 4.78 is 52.8. The van der Waals surface area contributed by atoms with Gasteiger partial charge in [-0.1, -0.05) is 18.2 Å². The zero-order chi connectivity index (χ0) is 19.8. The summed E-state index contributed by atoms with van der Waals surface area (Å²) in [6.07, 6.45) is 0.701. The molecule has 0 bridgehead atoms. The fourth-order valence-corrected chi connectivity index (χ4v) is 4.03. The number of aryl methyl sites for hydroxylation is 1. The van der Waals surface area contributed by atoms with Crippen LogP contribution in [0, 0.1) is 11.6 Å². The van der Waals surface area contributed by atoms with Gasteiger partial charge in [0.05, 0.1) is 4.90 Å². The highest BCUT2D eigenvalue weighted by Crippen LogP contribution is 2.32. The number of amides is 1. The Morgan fingerprint density at radius 2 is 1.93 bits per heavy atom. The van der Waals surface area contributed by atoms with E-state index in [1.54, 1.807) is 6.07 Å². The second-order valence-corrected chi connectivity index (χ2v) is 8.74.